The van der Waals surface area contributed by atoms with Gasteiger partial charge in [-0.15, -0.1) is 0 Å². The van der Waals surface area contributed by atoms with Crippen LogP contribution >= 0.6 is 0 Å². The first-order valence-electron chi connectivity index (χ1n) is 4.51. The van der Waals surface area contributed by atoms with E-state index in [1.54, 1.807) is 0 Å². The van der Waals surface area contributed by atoms with E-state index in [2.05, 4.69) is 44.6 Å². The highest BCUT2D eigenvalue weighted by molar-refractivity contribution is 5.20. The van der Waals surface area contributed by atoms with Crippen molar-refractivity contribution in [3.8, 4) is 0 Å². The van der Waals surface area contributed by atoms with E-state index in [9.17, 15) is 0 Å². The Balaban J connectivity index is 3.08. The fraction of sp³-hybridized carbons (Fsp3) is 0.700. The average molecular weight is 166 g/mol. The first-order valence-corrected chi connectivity index (χ1v) is 4.51. The summed E-state index contributed by atoms with van der Waals surface area (Å²) < 4.78 is 0. The summed E-state index contributed by atoms with van der Waals surface area (Å²) in [6.07, 6.45) is 0.983. The van der Waals surface area contributed by atoms with Gasteiger partial charge in [-0.2, -0.15) is 0 Å². The van der Waals surface area contributed by atoms with Crippen molar-refractivity contribution in [2.24, 2.45) is 0 Å². The van der Waals surface area contributed by atoms with Crippen LogP contribution < -0.4 is 0 Å². The van der Waals surface area contributed by atoms with Crippen molar-refractivity contribution in [3.05, 3.63) is 17.2 Å². The number of hydrogen-bond acceptors (Lipinski definition) is 1. The minimum Gasteiger partial charge on any atom is -0.345 e. The third-order valence-electron chi connectivity index (χ3n) is 2.02. The highest BCUT2D eigenvalue weighted by atomic mass is 14.9. The van der Waals surface area contributed by atoms with Gasteiger partial charge in [0.05, 0.1) is 5.69 Å². The van der Waals surface area contributed by atoms with Gasteiger partial charge in [-0.1, -0.05) is 27.7 Å². The molecule has 12 heavy (non-hydrogen) atoms. The predicted molar refractivity (Wildman–Crippen MR) is 51.4 cm³/mol. The van der Waals surface area contributed by atoms with Crippen LogP contribution in [0.15, 0.2) is 0 Å². The maximum absolute atomic E-state index is 4.44. The number of imidazole rings is 1. The van der Waals surface area contributed by atoms with Gasteiger partial charge in [0, 0.05) is 17.5 Å². The van der Waals surface area contributed by atoms with Crippen LogP contribution in [0, 0.1) is 6.92 Å². The van der Waals surface area contributed by atoms with Gasteiger partial charge in [-0.25, -0.2) is 4.98 Å². The Labute approximate surface area is 74.4 Å². The molecule has 0 aliphatic carbocycles. The molecule has 0 unspecified atom stereocenters. The zero-order valence-corrected chi connectivity index (χ0v) is 8.65. The van der Waals surface area contributed by atoms with Crippen LogP contribution in [0.4, 0.5) is 0 Å². The van der Waals surface area contributed by atoms with Crippen molar-refractivity contribution in [1.29, 1.82) is 0 Å². The van der Waals surface area contributed by atoms with E-state index in [1.165, 1.54) is 5.69 Å². The van der Waals surface area contributed by atoms with E-state index in [4.69, 9.17) is 0 Å². The number of hydrogen-bond donors (Lipinski definition) is 1. The second-order valence-electron chi connectivity index (χ2n) is 4.25. The van der Waals surface area contributed by atoms with Crippen LogP contribution in [0.3, 0.4) is 0 Å². The maximum atomic E-state index is 4.44. The Morgan fingerprint density at radius 1 is 1.33 bits per heavy atom. The molecule has 1 heterocycles. The summed E-state index contributed by atoms with van der Waals surface area (Å²) in [6.45, 7) is 10.8. The standard InChI is InChI=1S/C10H18N2/c1-6-8-11-7(2)9(12-8)10(3,4)5/h6H2,1-5H3,(H,11,12). The molecule has 0 fully saturated rings. The topological polar surface area (TPSA) is 28.7 Å². The molecule has 0 aliphatic heterocycles. The molecule has 0 aliphatic rings. The zero-order valence-electron chi connectivity index (χ0n) is 8.65. The Morgan fingerprint density at radius 2 is 1.92 bits per heavy atom. The van der Waals surface area contributed by atoms with Gasteiger partial charge < -0.3 is 4.98 Å². The number of aromatic nitrogens is 2. The minimum absolute atomic E-state index is 0.185. The van der Waals surface area contributed by atoms with Crippen molar-refractivity contribution >= 4 is 0 Å². The minimum atomic E-state index is 0.185. The molecule has 0 aromatic carbocycles. The summed E-state index contributed by atoms with van der Waals surface area (Å²) in [4.78, 5) is 7.80. The molecule has 1 aromatic rings. The molecule has 1 aromatic heterocycles. The molecular formula is C10H18N2. The number of rotatable bonds is 1. The lowest BCUT2D eigenvalue weighted by atomic mass is 9.91. The number of aryl methyl sites for hydroxylation is 2. The van der Waals surface area contributed by atoms with Crippen molar-refractivity contribution in [2.45, 2.75) is 46.5 Å². The first kappa shape index (κ1) is 9.30. The average Bonchev–Trinajstić information content (AvgIpc) is 2.29. The summed E-state index contributed by atoms with van der Waals surface area (Å²) >= 11 is 0. The number of H-pyrrole nitrogens is 1. The van der Waals surface area contributed by atoms with Crippen molar-refractivity contribution in [2.75, 3.05) is 0 Å². The quantitative estimate of drug-likeness (QED) is 0.682. The van der Waals surface area contributed by atoms with Gasteiger partial charge >= 0.3 is 0 Å². The van der Waals surface area contributed by atoms with E-state index in [-0.39, 0.29) is 5.41 Å². The van der Waals surface area contributed by atoms with E-state index in [1.807, 2.05) is 0 Å². The van der Waals surface area contributed by atoms with Gasteiger partial charge in [0.25, 0.3) is 0 Å². The fourth-order valence-corrected chi connectivity index (χ4v) is 1.42. The molecule has 0 radical (unpaired) electrons. The summed E-state index contributed by atoms with van der Waals surface area (Å²) in [7, 11) is 0. The molecule has 1 N–H and O–H groups in total. The van der Waals surface area contributed by atoms with Crippen LogP contribution in [0.5, 0.6) is 0 Å². The monoisotopic (exact) mass is 166 g/mol. The summed E-state index contributed by atoms with van der Waals surface area (Å²) in [5, 5.41) is 0. The summed E-state index contributed by atoms with van der Waals surface area (Å²) in [5.41, 5.74) is 2.59. The third kappa shape index (κ3) is 1.68. The Kier molecular flexibility index (Phi) is 2.27. The fourth-order valence-electron chi connectivity index (χ4n) is 1.42. The number of nitrogens with zero attached hydrogens (tertiary/aromatic N) is 1. The number of nitrogens with one attached hydrogen (secondary N) is 1. The van der Waals surface area contributed by atoms with Crippen LogP contribution in [0.2, 0.25) is 0 Å². The molecule has 68 valence electrons. The molecular weight excluding hydrogens is 148 g/mol. The highest BCUT2D eigenvalue weighted by Gasteiger charge is 2.19. The van der Waals surface area contributed by atoms with Gasteiger partial charge in [-0.3, -0.25) is 0 Å². The van der Waals surface area contributed by atoms with Gasteiger partial charge in [0.1, 0.15) is 5.82 Å². The largest absolute Gasteiger partial charge is 0.345 e. The Bertz CT molecular complexity index is 266. The molecule has 0 saturated heterocycles. The van der Waals surface area contributed by atoms with Crippen LogP contribution in [-0.4, -0.2) is 9.97 Å². The van der Waals surface area contributed by atoms with Gasteiger partial charge in [0.2, 0.25) is 0 Å². The molecule has 0 atom stereocenters. The highest BCUT2D eigenvalue weighted by Crippen LogP contribution is 2.23. The Morgan fingerprint density at radius 3 is 2.17 bits per heavy atom. The molecule has 0 spiro atoms. The van der Waals surface area contributed by atoms with Gasteiger partial charge in [0.15, 0.2) is 0 Å². The molecule has 0 saturated carbocycles. The van der Waals surface area contributed by atoms with Crippen molar-refractivity contribution < 1.29 is 0 Å². The second kappa shape index (κ2) is 2.92. The lowest BCUT2D eigenvalue weighted by molar-refractivity contribution is 0.567. The molecule has 1 rings (SSSR count). The first-order chi connectivity index (χ1) is 5.45. The zero-order chi connectivity index (χ0) is 9.35. The molecule has 2 nitrogen and oxygen atoms in total. The molecule has 0 amide bonds. The van der Waals surface area contributed by atoms with E-state index in [0.717, 1.165) is 17.9 Å². The molecule has 2 heteroatoms. The molecule has 0 bridgehead atoms. The summed E-state index contributed by atoms with van der Waals surface area (Å²) in [5.74, 6) is 1.09. The van der Waals surface area contributed by atoms with Crippen LogP contribution in [0.1, 0.15) is 44.9 Å². The Hall–Kier alpha value is -0.790. The van der Waals surface area contributed by atoms with Gasteiger partial charge in [-0.05, 0) is 6.92 Å². The SMILES string of the molecule is CCc1nc(C)c(C(C)(C)C)[nH]1. The smallest absolute Gasteiger partial charge is 0.106 e. The lowest BCUT2D eigenvalue weighted by Gasteiger charge is -2.16. The van der Waals surface area contributed by atoms with E-state index >= 15 is 0 Å². The number of aromatic amines is 1. The van der Waals surface area contributed by atoms with E-state index in [0.29, 0.717) is 0 Å². The maximum Gasteiger partial charge on any atom is 0.106 e. The normalized spacial score (nSPS) is 12.1. The summed E-state index contributed by atoms with van der Waals surface area (Å²) in [6, 6.07) is 0. The second-order valence-corrected chi connectivity index (χ2v) is 4.25. The van der Waals surface area contributed by atoms with Crippen LogP contribution in [-0.2, 0) is 11.8 Å². The van der Waals surface area contributed by atoms with Crippen molar-refractivity contribution in [3.63, 3.8) is 0 Å². The predicted octanol–water partition coefficient (Wildman–Crippen LogP) is 2.58. The third-order valence-corrected chi connectivity index (χ3v) is 2.02. The van der Waals surface area contributed by atoms with Crippen LogP contribution in [0.25, 0.3) is 0 Å². The lowest BCUT2D eigenvalue weighted by Crippen LogP contribution is -2.13. The van der Waals surface area contributed by atoms with E-state index < -0.39 is 0 Å². The van der Waals surface area contributed by atoms with Crippen molar-refractivity contribution in [1.82, 2.24) is 9.97 Å².